The number of halogens is 1. The number of benzene rings is 2. The van der Waals surface area contributed by atoms with Crippen molar-refractivity contribution in [3.05, 3.63) is 58.6 Å². The molecule has 26 heavy (non-hydrogen) atoms. The monoisotopic (exact) mass is 373 g/mol. The summed E-state index contributed by atoms with van der Waals surface area (Å²) in [7, 11) is 3.30. The standard InChI is InChI=1S/C20H24ClN3O2/c1-25-19-8-5-17(20(13-19)26-2)14-22-24-11-9-23(10-12-24)15-16-3-6-18(21)7-4-16/h3-8,13-14H,9-12,15H2,1-2H3/b22-14-. The molecule has 0 aromatic heterocycles. The minimum atomic E-state index is 0.759. The van der Waals surface area contributed by atoms with Crippen LogP contribution in [0.3, 0.4) is 0 Å². The second kappa shape index (κ2) is 8.92. The van der Waals surface area contributed by atoms with Gasteiger partial charge in [0.05, 0.1) is 20.4 Å². The molecular weight excluding hydrogens is 350 g/mol. The Labute approximate surface area is 159 Å². The molecule has 0 unspecified atom stereocenters. The average molecular weight is 374 g/mol. The molecule has 0 spiro atoms. The van der Waals surface area contributed by atoms with Crippen LogP contribution in [0.5, 0.6) is 11.5 Å². The summed E-state index contributed by atoms with van der Waals surface area (Å²) in [4.78, 5) is 2.43. The molecule has 0 aliphatic carbocycles. The molecule has 0 amide bonds. The highest BCUT2D eigenvalue weighted by Gasteiger charge is 2.15. The van der Waals surface area contributed by atoms with Gasteiger partial charge in [-0.05, 0) is 29.8 Å². The van der Waals surface area contributed by atoms with Gasteiger partial charge in [0.1, 0.15) is 11.5 Å². The summed E-state index contributed by atoms with van der Waals surface area (Å²) in [5.74, 6) is 1.53. The molecule has 138 valence electrons. The van der Waals surface area contributed by atoms with Crippen molar-refractivity contribution in [2.45, 2.75) is 6.54 Å². The zero-order chi connectivity index (χ0) is 18.4. The molecule has 5 nitrogen and oxygen atoms in total. The molecule has 0 bridgehead atoms. The number of hydrogen-bond donors (Lipinski definition) is 0. The molecule has 0 N–H and O–H groups in total. The van der Waals surface area contributed by atoms with Crippen molar-refractivity contribution in [3.63, 3.8) is 0 Å². The van der Waals surface area contributed by atoms with Crippen molar-refractivity contribution in [1.29, 1.82) is 0 Å². The maximum Gasteiger partial charge on any atom is 0.131 e. The third-order valence-electron chi connectivity index (χ3n) is 4.47. The van der Waals surface area contributed by atoms with E-state index in [1.165, 1.54) is 5.56 Å². The smallest absolute Gasteiger partial charge is 0.131 e. The van der Waals surface area contributed by atoms with Crippen LogP contribution in [0.1, 0.15) is 11.1 Å². The topological polar surface area (TPSA) is 37.3 Å². The lowest BCUT2D eigenvalue weighted by molar-refractivity contribution is 0.131. The summed E-state index contributed by atoms with van der Waals surface area (Å²) in [6.07, 6.45) is 1.85. The number of nitrogens with zero attached hydrogens (tertiary/aromatic N) is 3. The van der Waals surface area contributed by atoms with Gasteiger partial charge in [-0.25, -0.2) is 0 Å². The summed E-state index contributed by atoms with van der Waals surface area (Å²) in [5.41, 5.74) is 2.23. The average Bonchev–Trinajstić information content (AvgIpc) is 2.69. The minimum absolute atomic E-state index is 0.759. The van der Waals surface area contributed by atoms with E-state index in [2.05, 4.69) is 27.1 Å². The van der Waals surface area contributed by atoms with E-state index in [0.29, 0.717) is 0 Å². The lowest BCUT2D eigenvalue weighted by Crippen LogP contribution is -2.43. The highest BCUT2D eigenvalue weighted by molar-refractivity contribution is 6.30. The fourth-order valence-electron chi connectivity index (χ4n) is 2.93. The molecule has 2 aromatic carbocycles. The van der Waals surface area contributed by atoms with Crippen molar-refractivity contribution < 1.29 is 9.47 Å². The van der Waals surface area contributed by atoms with Gasteiger partial charge in [0, 0.05) is 49.4 Å². The molecule has 1 heterocycles. The van der Waals surface area contributed by atoms with Crippen molar-refractivity contribution in [2.24, 2.45) is 5.10 Å². The van der Waals surface area contributed by atoms with Gasteiger partial charge in [0.25, 0.3) is 0 Å². The van der Waals surface area contributed by atoms with Crippen LogP contribution in [-0.4, -0.2) is 56.5 Å². The summed E-state index contributed by atoms with van der Waals surface area (Å²) in [6.45, 7) is 4.73. The second-order valence-corrected chi connectivity index (χ2v) is 6.65. The van der Waals surface area contributed by atoms with Crippen molar-refractivity contribution in [2.75, 3.05) is 40.4 Å². The van der Waals surface area contributed by atoms with Gasteiger partial charge in [-0.1, -0.05) is 23.7 Å². The van der Waals surface area contributed by atoms with E-state index in [-0.39, 0.29) is 0 Å². The van der Waals surface area contributed by atoms with Gasteiger partial charge in [-0.2, -0.15) is 5.10 Å². The number of hydrogen-bond acceptors (Lipinski definition) is 5. The summed E-state index contributed by atoms with van der Waals surface area (Å²) in [6, 6.07) is 13.8. The fourth-order valence-corrected chi connectivity index (χ4v) is 3.05. The lowest BCUT2D eigenvalue weighted by Gasteiger charge is -2.33. The molecule has 0 atom stereocenters. The normalized spacial score (nSPS) is 15.4. The maximum atomic E-state index is 5.95. The highest BCUT2D eigenvalue weighted by Crippen LogP contribution is 2.23. The van der Waals surface area contributed by atoms with E-state index in [1.54, 1.807) is 14.2 Å². The van der Waals surface area contributed by atoms with Crippen molar-refractivity contribution in [3.8, 4) is 11.5 Å². The SMILES string of the molecule is COc1ccc(/C=N\N2CCN(Cc3ccc(Cl)cc3)CC2)c(OC)c1. The van der Waals surface area contributed by atoms with Gasteiger partial charge < -0.3 is 9.47 Å². The molecule has 2 aromatic rings. The number of ether oxygens (including phenoxy) is 2. The van der Waals surface area contributed by atoms with Gasteiger partial charge in [-0.3, -0.25) is 9.91 Å². The van der Waals surface area contributed by atoms with Crippen LogP contribution in [0.15, 0.2) is 47.6 Å². The summed E-state index contributed by atoms with van der Waals surface area (Å²) in [5, 5.41) is 7.49. The van der Waals surface area contributed by atoms with Gasteiger partial charge >= 0.3 is 0 Å². The Kier molecular flexibility index (Phi) is 6.36. The lowest BCUT2D eigenvalue weighted by atomic mass is 10.2. The van der Waals surface area contributed by atoms with E-state index in [1.807, 2.05) is 36.5 Å². The van der Waals surface area contributed by atoms with E-state index in [4.69, 9.17) is 21.1 Å². The van der Waals surface area contributed by atoms with Crippen LogP contribution in [0.25, 0.3) is 0 Å². The predicted molar refractivity (Wildman–Crippen MR) is 105 cm³/mol. The molecule has 1 aliphatic heterocycles. The first kappa shape index (κ1) is 18.5. The molecule has 1 saturated heterocycles. The molecule has 3 rings (SSSR count). The first-order chi connectivity index (χ1) is 12.7. The van der Waals surface area contributed by atoms with Crippen LogP contribution in [0.2, 0.25) is 5.02 Å². The van der Waals surface area contributed by atoms with Crippen LogP contribution in [0, 0.1) is 0 Å². The second-order valence-electron chi connectivity index (χ2n) is 6.21. The fraction of sp³-hybridized carbons (Fsp3) is 0.350. The Morgan fingerprint density at radius 2 is 1.73 bits per heavy atom. The van der Waals surface area contributed by atoms with E-state index in [9.17, 15) is 0 Å². The summed E-state index contributed by atoms with van der Waals surface area (Å²) >= 11 is 5.95. The third kappa shape index (κ3) is 4.90. The zero-order valence-corrected chi connectivity index (χ0v) is 15.9. The zero-order valence-electron chi connectivity index (χ0n) is 15.2. The van der Waals surface area contributed by atoms with Crippen molar-refractivity contribution >= 4 is 17.8 Å². The van der Waals surface area contributed by atoms with E-state index < -0.39 is 0 Å². The predicted octanol–water partition coefficient (Wildman–Crippen LogP) is 3.51. The Morgan fingerprint density at radius 1 is 1.00 bits per heavy atom. The Morgan fingerprint density at radius 3 is 2.38 bits per heavy atom. The molecule has 0 radical (unpaired) electrons. The quantitative estimate of drug-likeness (QED) is 0.726. The van der Waals surface area contributed by atoms with Gasteiger partial charge in [-0.15, -0.1) is 0 Å². The van der Waals surface area contributed by atoms with Crippen LogP contribution >= 0.6 is 11.6 Å². The Bertz CT molecular complexity index is 741. The number of piperazine rings is 1. The van der Waals surface area contributed by atoms with Gasteiger partial charge in [0.15, 0.2) is 0 Å². The highest BCUT2D eigenvalue weighted by atomic mass is 35.5. The number of rotatable bonds is 6. The first-order valence-corrected chi connectivity index (χ1v) is 9.03. The number of hydrazone groups is 1. The first-order valence-electron chi connectivity index (χ1n) is 8.65. The Hall–Kier alpha value is -2.24. The number of methoxy groups -OCH3 is 2. The van der Waals surface area contributed by atoms with E-state index >= 15 is 0 Å². The van der Waals surface area contributed by atoms with Crippen molar-refractivity contribution in [1.82, 2.24) is 9.91 Å². The van der Waals surface area contributed by atoms with Crippen LogP contribution in [0.4, 0.5) is 0 Å². The Balaban J connectivity index is 1.53. The van der Waals surface area contributed by atoms with Gasteiger partial charge in [0.2, 0.25) is 0 Å². The maximum absolute atomic E-state index is 5.95. The molecule has 6 heteroatoms. The summed E-state index contributed by atoms with van der Waals surface area (Å²) < 4.78 is 10.6. The molecule has 1 aliphatic rings. The van der Waals surface area contributed by atoms with Crippen LogP contribution in [-0.2, 0) is 6.54 Å². The minimum Gasteiger partial charge on any atom is -0.497 e. The molecular formula is C20H24ClN3O2. The largest absolute Gasteiger partial charge is 0.497 e. The van der Waals surface area contributed by atoms with E-state index in [0.717, 1.165) is 54.8 Å². The molecule has 1 fully saturated rings. The van der Waals surface area contributed by atoms with Crippen LogP contribution < -0.4 is 9.47 Å². The third-order valence-corrected chi connectivity index (χ3v) is 4.72. The molecule has 0 saturated carbocycles.